The van der Waals surface area contributed by atoms with Crippen LogP contribution in [-0.2, 0) is 19.1 Å². The zero-order valence-electron chi connectivity index (χ0n) is 30.3. The predicted molar refractivity (Wildman–Crippen MR) is 202 cm³/mol. The molecule has 4 rings (SSSR count). The SMILES string of the molecule is CCOC(=O)C(C(=O)OCC)C(C=C(c1ccc(OC)cc1)c1ccc(N(C)C)cc1)C=C(c1ccc(OC)cc1)c1ccc(N(C)C)cc1. The van der Waals surface area contributed by atoms with Crippen LogP contribution >= 0.6 is 0 Å². The minimum absolute atomic E-state index is 0.115. The molecule has 0 bridgehead atoms. The van der Waals surface area contributed by atoms with Crippen LogP contribution in [0.4, 0.5) is 11.4 Å². The highest BCUT2D eigenvalue weighted by Gasteiger charge is 2.36. The van der Waals surface area contributed by atoms with Gasteiger partial charge in [-0.2, -0.15) is 0 Å². The summed E-state index contributed by atoms with van der Waals surface area (Å²) in [4.78, 5) is 31.6. The fraction of sp³-hybridized carbons (Fsp3) is 0.286. The molecule has 4 aromatic carbocycles. The van der Waals surface area contributed by atoms with Gasteiger partial charge in [0.2, 0.25) is 0 Å². The number of methoxy groups -OCH3 is 2. The molecular formula is C42H48N2O6. The van der Waals surface area contributed by atoms with Gasteiger partial charge in [-0.05, 0) is 95.8 Å². The number of ether oxygens (including phenoxy) is 4. The van der Waals surface area contributed by atoms with Gasteiger partial charge in [-0.15, -0.1) is 0 Å². The van der Waals surface area contributed by atoms with Crippen molar-refractivity contribution in [1.29, 1.82) is 0 Å². The van der Waals surface area contributed by atoms with Crippen LogP contribution in [0.5, 0.6) is 11.5 Å². The summed E-state index contributed by atoms with van der Waals surface area (Å²) in [6, 6.07) is 31.8. The molecule has 8 nitrogen and oxygen atoms in total. The molecule has 4 aromatic rings. The van der Waals surface area contributed by atoms with Crippen molar-refractivity contribution in [2.75, 3.05) is 65.4 Å². The van der Waals surface area contributed by atoms with Crippen molar-refractivity contribution < 1.29 is 28.5 Å². The first kappa shape index (κ1) is 37.3. The lowest BCUT2D eigenvalue weighted by atomic mass is 9.83. The number of allylic oxidation sites excluding steroid dienone is 2. The van der Waals surface area contributed by atoms with E-state index in [1.807, 2.05) is 147 Å². The van der Waals surface area contributed by atoms with Crippen molar-refractivity contribution in [2.45, 2.75) is 13.8 Å². The van der Waals surface area contributed by atoms with E-state index in [0.29, 0.717) is 11.5 Å². The summed E-state index contributed by atoms with van der Waals surface area (Å²) in [7, 11) is 11.2. The number of nitrogens with zero attached hydrogens (tertiary/aromatic N) is 2. The molecule has 0 saturated heterocycles. The topological polar surface area (TPSA) is 77.5 Å². The van der Waals surface area contributed by atoms with Crippen molar-refractivity contribution >= 4 is 34.5 Å². The Morgan fingerprint density at radius 3 is 1.10 bits per heavy atom. The first-order chi connectivity index (χ1) is 24.1. The Kier molecular flexibility index (Phi) is 13.3. The van der Waals surface area contributed by atoms with E-state index in [-0.39, 0.29) is 13.2 Å². The summed E-state index contributed by atoms with van der Waals surface area (Å²) in [5.74, 6) is -1.95. The van der Waals surface area contributed by atoms with E-state index >= 15 is 0 Å². The second-order valence-corrected chi connectivity index (χ2v) is 12.1. The van der Waals surface area contributed by atoms with Crippen LogP contribution in [0.1, 0.15) is 36.1 Å². The van der Waals surface area contributed by atoms with E-state index in [1.165, 1.54) is 0 Å². The molecule has 0 aliphatic rings. The average molecular weight is 677 g/mol. The number of carbonyl (C=O) groups excluding carboxylic acids is 2. The number of anilines is 2. The average Bonchev–Trinajstić information content (AvgIpc) is 3.13. The van der Waals surface area contributed by atoms with Crippen molar-refractivity contribution in [3.8, 4) is 11.5 Å². The van der Waals surface area contributed by atoms with Gasteiger partial charge in [-0.3, -0.25) is 9.59 Å². The largest absolute Gasteiger partial charge is 0.497 e. The van der Waals surface area contributed by atoms with Gasteiger partial charge in [0.1, 0.15) is 11.5 Å². The monoisotopic (exact) mass is 676 g/mol. The number of rotatable bonds is 15. The Balaban J connectivity index is 2.06. The van der Waals surface area contributed by atoms with Crippen LogP contribution < -0.4 is 19.3 Å². The van der Waals surface area contributed by atoms with Crippen molar-refractivity contribution in [3.63, 3.8) is 0 Å². The maximum atomic E-state index is 13.8. The third kappa shape index (κ3) is 9.35. The van der Waals surface area contributed by atoms with Crippen LogP contribution in [-0.4, -0.2) is 67.6 Å². The first-order valence-electron chi connectivity index (χ1n) is 16.7. The third-order valence-corrected chi connectivity index (χ3v) is 8.38. The van der Waals surface area contributed by atoms with Crippen LogP contribution in [0, 0.1) is 11.8 Å². The zero-order valence-corrected chi connectivity index (χ0v) is 30.3. The summed E-state index contributed by atoms with van der Waals surface area (Å²) in [5, 5.41) is 0. The quantitative estimate of drug-likeness (QED) is 0.0935. The zero-order chi connectivity index (χ0) is 36.2. The maximum absolute atomic E-state index is 13.8. The molecule has 0 amide bonds. The fourth-order valence-electron chi connectivity index (χ4n) is 5.64. The van der Waals surface area contributed by atoms with Gasteiger partial charge in [0, 0.05) is 45.5 Å². The smallest absolute Gasteiger partial charge is 0.321 e. The standard InChI is InChI=1S/C42H48N2O6/c1-9-49-41(45)40(42(46)50-10-2)33(27-38(31-15-23-36(47-7)24-16-31)29-11-19-34(20-12-29)43(3)4)28-39(32-17-25-37(48-8)26-18-32)30-13-21-35(22-14-30)44(5)6/h11-28,33,40H,9-10H2,1-8H3. The lowest BCUT2D eigenvalue weighted by Gasteiger charge is -2.23. The van der Waals surface area contributed by atoms with E-state index < -0.39 is 23.8 Å². The molecular weight excluding hydrogens is 628 g/mol. The molecule has 0 fully saturated rings. The second kappa shape index (κ2) is 17.8. The predicted octanol–water partition coefficient (Wildman–Crippen LogP) is 7.76. The Labute approximate surface area is 296 Å². The lowest BCUT2D eigenvalue weighted by molar-refractivity contribution is -0.162. The molecule has 262 valence electrons. The lowest BCUT2D eigenvalue weighted by Crippen LogP contribution is -2.33. The summed E-state index contributed by atoms with van der Waals surface area (Å²) >= 11 is 0. The Morgan fingerprint density at radius 2 is 0.840 bits per heavy atom. The highest BCUT2D eigenvalue weighted by Crippen LogP contribution is 2.35. The van der Waals surface area contributed by atoms with Crippen LogP contribution in [0.3, 0.4) is 0 Å². The molecule has 0 atom stereocenters. The van der Waals surface area contributed by atoms with E-state index in [1.54, 1.807) is 28.1 Å². The molecule has 0 unspecified atom stereocenters. The molecule has 0 heterocycles. The molecule has 0 aliphatic carbocycles. The van der Waals surface area contributed by atoms with Gasteiger partial charge in [-0.25, -0.2) is 0 Å². The first-order valence-corrected chi connectivity index (χ1v) is 16.7. The number of carbonyl (C=O) groups is 2. The van der Waals surface area contributed by atoms with Crippen LogP contribution in [0.15, 0.2) is 109 Å². The maximum Gasteiger partial charge on any atom is 0.321 e. The molecule has 8 heteroatoms. The molecule has 0 aromatic heterocycles. The Hall–Kier alpha value is -5.50. The fourth-order valence-corrected chi connectivity index (χ4v) is 5.64. The van der Waals surface area contributed by atoms with Crippen molar-refractivity contribution in [1.82, 2.24) is 0 Å². The third-order valence-electron chi connectivity index (χ3n) is 8.38. The molecule has 50 heavy (non-hydrogen) atoms. The summed E-state index contributed by atoms with van der Waals surface area (Å²) in [6.07, 6.45) is 3.95. The van der Waals surface area contributed by atoms with Gasteiger partial charge in [0.05, 0.1) is 27.4 Å². The van der Waals surface area contributed by atoms with Gasteiger partial charge in [0.25, 0.3) is 0 Å². The normalized spacial score (nSPS) is 12.3. The van der Waals surface area contributed by atoms with Crippen molar-refractivity contribution in [3.05, 3.63) is 131 Å². The van der Waals surface area contributed by atoms with E-state index in [9.17, 15) is 9.59 Å². The Bertz CT molecular complexity index is 1630. The van der Waals surface area contributed by atoms with Gasteiger partial charge < -0.3 is 28.7 Å². The van der Waals surface area contributed by atoms with Crippen molar-refractivity contribution in [2.24, 2.45) is 11.8 Å². The molecule has 0 spiro atoms. The van der Waals surface area contributed by atoms with E-state index in [0.717, 1.165) is 44.8 Å². The molecule has 0 N–H and O–H groups in total. The highest BCUT2D eigenvalue weighted by molar-refractivity contribution is 5.97. The molecule has 0 saturated carbocycles. The number of esters is 2. The van der Waals surface area contributed by atoms with Gasteiger partial charge >= 0.3 is 11.9 Å². The molecule has 0 radical (unpaired) electrons. The van der Waals surface area contributed by atoms with E-state index in [4.69, 9.17) is 18.9 Å². The molecule has 0 aliphatic heterocycles. The van der Waals surface area contributed by atoms with Crippen LogP contribution in [0.2, 0.25) is 0 Å². The highest BCUT2D eigenvalue weighted by atomic mass is 16.6. The van der Waals surface area contributed by atoms with Crippen LogP contribution in [0.25, 0.3) is 11.1 Å². The summed E-state index contributed by atoms with van der Waals surface area (Å²) < 4.78 is 22.0. The van der Waals surface area contributed by atoms with E-state index in [2.05, 4.69) is 0 Å². The second-order valence-electron chi connectivity index (χ2n) is 12.1. The minimum Gasteiger partial charge on any atom is -0.497 e. The number of hydrogen-bond acceptors (Lipinski definition) is 8. The summed E-state index contributed by atoms with van der Waals surface area (Å²) in [5.41, 5.74) is 7.32. The van der Waals surface area contributed by atoms with Gasteiger partial charge in [-0.1, -0.05) is 60.7 Å². The number of hydrogen-bond donors (Lipinski definition) is 0. The number of benzene rings is 4. The Morgan fingerprint density at radius 1 is 0.540 bits per heavy atom. The van der Waals surface area contributed by atoms with Gasteiger partial charge in [0.15, 0.2) is 5.92 Å². The minimum atomic E-state index is -1.28. The summed E-state index contributed by atoms with van der Waals surface area (Å²) in [6.45, 7) is 3.68.